The molecule has 0 aliphatic heterocycles. The summed E-state index contributed by atoms with van der Waals surface area (Å²) >= 11 is 3.21. The molecule has 110 valence electrons. The Bertz CT molecular complexity index is 786. The molecule has 2 rings (SSSR count). The van der Waals surface area contributed by atoms with Gasteiger partial charge in [-0.05, 0) is 65.3 Å². The number of carbonyl (C=O) groups is 1. The minimum atomic E-state index is -3.72. The summed E-state index contributed by atoms with van der Waals surface area (Å²) in [6.45, 7) is 1.45. The van der Waals surface area contributed by atoms with Gasteiger partial charge in [0.15, 0.2) is 5.78 Å². The van der Waals surface area contributed by atoms with Crippen LogP contribution in [0, 0.1) is 0 Å². The Labute approximate surface area is 131 Å². The molecular weight excluding hydrogens is 356 g/mol. The van der Waals surface area contributed by atoms with E-state index in [4.69, 9.17) is 5.73 Å². The Kier molecular flexibility index (Phi) is 4.34. The van der Waals surface area contributed by atoms with Gasteiger partial charge in [0.1, 0.15) is 0 Å². The van der Waals surface area contributed by atoms with Crippen molar-refractivity contribution >= 4 is 43.1 Å². The van der Waals surface area contributed by atoms with Gasteiger partial charge in [-0.15, -0.1) is 0 Å². The van der Waals surface area contributed by atoms with Crippen LogP contribution < -0.4 is 10.5 Å². The van der Waals surface area contributed by atoms with E-state index in [0.717, 1.165) is 0 Å². The van der Waals surface area contributed by atoms with Gasteiger partial charge in [0.05, 0.1) is 4.90 Å². The van der Waals surface area contributed by atoms with E-state index in [2.05, 4.69) is 20.7 Å². The van der Waals surface area contributed by atoms with Crippen LogP contribution in [0.5, 0.6) is 0 Å². The second kappa shape index (κ2) is 5.87. The van der Waals surface area contributed by atoms with Crippen LogP contribution in [0.3, 0.4) is 0 Å². The molecule has 0 heterocycles. The van der Waals surface area contributed by atoms with Crippen molar-refractivity contribution in [2.24, 2.45) is 0 Å². The molecule has 0 saturated carbocycles. The minimum Gasteiger partial charge on any atom is -0.398 e. The minimum absolute atomic E-state index is 0.0684. The maximum absolute atomic E-state index is 12.2. The molecular formula is C14H13BrN2O3S. The third-order valence-corrected chi connectivity index (χ3v) is 4.92. The van der Waals surface area contributed by atoms with Crippen LogP contribution in [0.2, 0.25) is 0 Å². The molecule has 0 aliphatic rings. The molecule has 0 bridgehead atoms. The lowest BCUT2D eigenvalue weighted by Crippen LogP contribution is -2.13. The molecule has 0 fully saturated rings. The Balaban J connectivity index is 2.28. The van der Waals surface area contributed by atoms with Gasteiger partial charge in [0, 0.05) is 21.4 Å². The van der Waals surface area contributed by atoms with E-state index in [9.17, 15) is 13.2 Å². The molecule has 0 aromatic heterocycles. The topological polar surface area (TPSA) is 89.3 Å². The van der Waals surface area contributed by atoms with E-state index < -0.39 is 10.0 Å². The predicted molar refractivity (Wildman–Crippen MR) is 85.8 cm³/mol. The van der Waals surface area contributed by atoms with Crippen molar-refractivity contribution in [2.75, 3.05) is 10.5 Å². The smallest absolute Gasteiger partial charge is 0.261 e. The zero-order valence-electron chi connectivity index (χ0n) is 11.1. The standard InChI is InChI=1S/C14H13BrN2O3S/c1-9(18)10-2-4-11(5-3-10)17-21(19,20)12-6-7-13(15)14(16)8-12/h2-8,17H,16H2,1H3. The van der Waals surface area contributed by atoms with E-state index in [1.807, 2.05) is 0 Å². The SMILES string of the molecule is CC(=O)c1ccc(NS(=O)(=O)c2ccc(Br)c(N)c2)cc1. The van der Waals surface area contributed by atoms with Gasteiger partial charge < -0.3 is 5.73 Å². The number of rotatable bonds is 4. The van der Waals surface area contributed by atoms with E-state index in [-0.39, 0.29) is 10.7 Å². The summed E-state index contributed by atoms with van der Waals surface area (Å²) in [6, 6.07) is 10.6. The highest BCUT2D eigenvalue weighted by Gasteiger charge is 2.15. The van der Waals surface area contributed by atoms with E-state index in [0.29, 0.717) is 21.4 Å². The van der Waals surface area contributed by atoms with Crippen molar-refractivity contribution in [3.8, 4) is 0 Å². The van der Waals surface area contributed by atoms with Crippen LogP contribution in [0.1, 0.15) is 17.3 Å². The Morgan fingerprint density at radius 2 is 1.76 bits per heavy atom. The van der Waals surface area contributed by atoms with Crippen LogP contribution in [0.25, 0.3) is 0 Å². The molecule has 0 amide bonds. The van der Waals surface area contributed by atoms with Crippen molar-refractivity contribution in [1.82, 2.24) is 0 Å². The number of sulfonamides is 1. The lowest BCUT2D eigenvalue weighted by Gasteiger charge is -2.09. The quantitative estimate of drug-likeness (QED) is 0.640. The van der Waals surface area contributed by atoms with E-state index in [1.165, 1.54) is 31.2 Å². The van der Waals surface area contributed by atoms with Crippen molar-refractivity contribution in [3.63, 3.8) is 0 Å². The number of halogens is 1. The normalized spacial score (nSPS) is 11.1. The second-order valence-corrected chi connectivity index (χ2v) is 6.96. The molecule has 3 N–H and O–H groups in total. The lowest BCUT2D eigenvalue weighted by molar-refractivity contribution is 0.101. The zero-order valence-corrected chi connectivity index (χ0v) is 13.5. The van der Waals surface area contributed by atoms with Gasteiger partial charge in [-0.1, -0.05) is 0 Å². The number of ketones is 1. The first-order valence-electron chi connectivity index (χ1n) is 5.98. The summed E-state index contributed by atoms with van der Waals surface area (Å²) in [4.78, 5) is 11.2. The van der Waals surface area contributed by atoms with E-state index in [1.54, 1.807) is 18.2 Å². The number of nitrogens with two attached hydrogens (primary N) is 1. The summed E-state index contributed by atoms with van der Waals surface area (Å²) in [7, 11) is -3.72. The Morgan fingerprint density at radius 3 is 2.29 bits per heavy atom. The largest absolute Gasteiger partial charge is 0.398 e. The molecule has 0 unspecified atom stereocenters. The van der Waals surface area contributed by atoms with Gasteiger partial charge >= 0.3 is 0 Å². The van der Waals surface area contributed by atoms with Gasteiger partial charge in [-0.2, -0.15) is 0 Å². The van der Waals surface area contributed by atoms with Gasteiger partial charge in [0.25, 0.3) is 10.0 Å². The van der Waals surface area contributed by atoms with Crippen molar-refractivity contribution in [2.45, 2.75) is 11.8 Å². The second-order valence-electron chi connectivity index (χ2n) is 4.42. The predicted octanol–water partition coefficient (Wildman–Crippen LogP) is 3.03. The highest BCUT2D eigenvalue weighted by molar-refractivity contribution is 9.10. The third kappa shape index (κ3) is 3.62. The third-order valence-electron chi connectivity index (χ3n) is 2.82. The Morgan fingerprint density at radius 1 is 1.14 bits per heavy atom. The van der Waals surface area contributed by atoms with Crippen LogP contribution in [-0.4, -0.2) is 14.2 Å². The van der Waals surface area contributed by atoms with Gasteiger partial charge in [-0.25, -0.2) is 8.42 Å². The monoisotopic (exact) mass is 368 g/mol. The van der Waals surface area contributed by atoms with Crippen LogP contribution in [0.15, 0.2) is 51.8 Å². The van der Waals surface area contributed by atoms with Crippen molar-refractivity contribution in [3.05, 3.63) is 52.5 Å². The number of benzene rings is 2. The highest BCUT2D eigenvalue weighted by Crippen LogP contribution is 2.24. The average molecular weight is 369 g/mol. The first kappa shape index (κ1) is 15.5. The molecule has 0 aliphatic carbocycles. The van der Waals surface area contributed by atoms with Crippen LogP contribution in [0.4, 0.5) is 11.4 Å². The van der Waals surface area contributed by atoms with Crippen LogP contribution in [-0.2, 0) is 10.0 Å². The molecule has 21 heavy (non-hydrogen) atoms. The fourth-order valence-electron chi connectivity index (χ4n) is 1.68. The number of nitrogen functional groups attached to an aromatic ring is 1. The molecule has 0 spiro atoms. The molecule has 2 aromatic carbocycles. The number of hydrogen-bond donors (Lipinski definition) is 2. The zero-order chi connectivity index (χ0) is 15.6. The maximum Gasteiger partial charge on any atom is 0.261 e. The summed E-state index contributed by atoms with van der Waals surface area (Å²) in [5, 5.41) is 0. The van der Waals surface area contributed by atoms with Crippen molar-refractivity contribution in [1.29, 1.82) is 0 Å². The van der Waals surface area contributed by atoms with Gasteiger partial charge in [-0.3, -0.25) is 9.52 Å². The number of carbonyl (C=O) groups excluding carboxylic acids is 1. The number of anilines is 2. The molecule has 0 saturated heterocycles. The number of nitrogens with one attached hydrogen (secondary N) is 1. The molecule has 2 aromatic rings. The first-order chi connectivity index (χ1) is 9.79. The summed E-state index contributed by atoms with van der Waals surface area (Å²) in [5.74, 6) is -0.0786. The molecule has 5 nitrogen and oxygen atoms in total. The van der Waals surface area contributed by atoms with Gasteiger partial charge in [0.2, 0.25) is 0 Å². The summed E-state index contributed by atoms with van der Waals surface area (Å²) in [5.41, 5.74) is 6.92. The lowest BCUT2D eigenvalue weighted by atomic mass is 10.1. The fourth-order valence-corrected chi connectivity index (χ4v) is 3.02. The number of Topliss-reactive ketones (excluding diaryl/α,β-unsaturated/α-hetero) is 1. The molecule has 0 atom stereocenters. The molecule has 7 heteroatoms. The highest BCUT2D eigenvalue weighted by atomic mass is 79.9. The maximum atomic E-state index is 12.2. The van der Waals surface area contributed by atoms with E-state index >= 15 is 0 Å². The summed E-state index contributed by atoms with van der Waals surface area (Å²) < 4.78 is 27.5. The number of hydrogen-bond acceptors (Lipinski definition) is 4. The first-order valence-corrected chi connectivity index (χ1v) is 8.26. The average Bonchev–Trinajstić information content (AvgIpc) is 2.42. The Hall–Kier alpha value is -1.86. The van der Waals surface area contributed by atoms with Crippen LogP contribution >= 0.6 is 15.9 Å². The fraction of sp³-hybridized carbons (Fsp3) is 0.0714. The molecule has 0 radical (unpaired) electrons. The van der Waals surface area contributed by atoms with Crippen molar-refractivity contribution < 1.29 is 13.2 Å². The summed E-state index contributed by atoms with van der Waals surface area (Å²) in [6.07, 6.45) is 0.